The Morgan fingerprint density at radius 3 is 2.70 bits per heavy atom. The van der Waals surface area contributed by atoms with Crippen LogP contribution in [0.5, 0.6) is 0 Å². The Balaban J connectivity index is 1.72. The van der Waals surface area contributed by atoms with Crippen molar-refractivity contribution < 1.29 is 9.53 Å². The van der Waals surface area contributed by atoms with Gasteiger partial charge in [0.2, 0.25) is 0 Å². The van der Waals surface area contributed by atoms with Gasteiger partial charge in [-0.3, -0.25) is 14.7 Å². The highest BCUT2D eigenvalue weighted by atomic mass is 16.5. The van der Waals surface area contributed by atoms with E-state index in [1.165, 1.54) is 0 Å². The predicted octanol–water partition coefficient (Wildman–Crippen LogP) is 2.11. The van der Waals surface area contributed by atoms with Crippen LogP contribution >= 0.6 is 0 Å². The van der Waals surface area contributed by atoms with Gasteiger partial charge in [-0.1, -0.05) is 19.9 Å². The van der Waals surface area contributed by atoms with E-state index in [0.717, 1.165) is 24.5 Å². The Morgan fingerprint density at radius 1 is 1.30 bits per heavy atom. The number of pyridine rings is 1. The van der Waals surface area contributed by atoms with E-state index in [9.17, 15) is 4.79 Å². The van der Waals surface area contributed by atoms with Crippen molar-refractivity contribution in [1.29, 1.82) is 0 Å². The molecule has 2 aromatic heterocycles. The first-order valence-corrected chi connectivity index (χ1v) is 9.39. The summed E-state index contributed by atoms with van der Waals surface area (Å²) in [5.74, 6) is 0.840. The van der Waals surface area contributed by atoms with Crippen LogP contribution in [0.4, 0.5) is 0 Å². The lowest BCUT2D eigenvalue weighted by molar-refractivity contribution is 0.0161. The molecule has 1 aliphatic rings. The molecule has 0 bridgehead atoms. The zero-order valence-electron chi connectivity index (χ0n) is 16.2. The second-order valence-electron chi connectivity index (χ2n) is 7.04. The number of nitrogens with one attached hydrogen (secondary N) is 1. The van der Waals surface area contributed by atoms with Gasteiger partial charge in [0.15, 0.2) is 0 Å². The van der Waals surface area contributed by atoms with Gasteiger partial charge in [0, 0.05) is 44.1 Å². The van der Waals surface area contributed by atoms with Gasteiger partial charge in [-0.25, -0.2) is 9.97 Å². The van der Waals surface area contributed by atoms with Crippen molar-refractivity contribution in [3.05, 3.63) is 53.4 Å². The number of aromatic nitrogens is 3. The molecule has 1 saturated heterocycles. The lowest BCUT2D eigenvalue weighted by atomic mass is 10.1. The molecule has 0 spiro atoms. The SMILES string of the molecule is Cc1nc(C(C)C)ncc1C(=O)NCC(c1cccnc1)N1CCOCC1. The quantitative estimate of drug-likeness (QED) is 0.840. The first-order valence-electron chi connectivity index (χ1n) is 9.39. The van der Waals surface area contributed by atoms with Crippen molar-refractivity contribution in [3.63, 3.8) is 0 Å². The lowest BCUT2D eigenvalue weighted by Crippen LogP contribution is -2.44. The van der Waals surface area contributed by atoms with Crippen molar-refractivity contribution in [2.75, 3.05) is 32.8 Å². The fraction of sp³-hybridized carbons (Fsp3) is 0.500. The number of hydrogen-bond acceptors (Lipinski definition) is 6. The Hall–Kier alpha value is -2.38. The van der Waals surface area contributed by atoms with Crippen molar-refractivity contribution in [3.8, 4) is 0 Å². The molecule has 3 rings (SSSR count). The second-order valence-corrected chi connectivity index (χ2v) is 7.04. The Labute approximate surface area is 160 Å². The van der Waals surface area contributed by atoms with Crippen molar-refractivity contribution in [2.45, 2.75) is 32.7 Å². The van der Waals surface area contributed by atoms with Crippen LogP contribution in [0.25, 0.3) is 0 Å². The number of carbonyl (C=O) groups is 1. The van der Waals surface area contributed by atoms with Crippen molar-refractivity contribution >= 4 is 5.91 Å². The summed E-state index contributed by atoms with van der Waals surface area (Å²) in [6.07, 6.45) is 5.24. The second kappa shape index (κ2) is 9.01. The van der Waals surface area contributed by atoms with Gasteiger partial charge < -0.3 is 10.1 Å². The van der Waals surface area contributed by atoms with Gasteiger partial charge in [0.05, 0.1) is 30.5 Å². The molecule has 1 atom stereocenters. The molecule has 1 fully saturated rings. The molecule has 2 aromatic rings. The Kier molecular flexibility index (Phi) is 6.47. The summed E-state index contributed by atoms with van der Waals surface area (Å²) in [6.45, 7) is 9.49. The van der Waals surface area contributed by atoms with Crippen LogP contribution in [0.2, 0.25) is 0 Å². The maximum Gasteiger partial charge on any atom is 0.254 e. The summed E-state index contributed by atoms with van der Waals surface area (Å²) in [5.41, 5.74) is 2.31. The average Bonchev–Trinajstić information content (AvgIpc) is 2.69. The molecule has 7 nitrogen and oxygen atoms in total. The zero-order valence-corrected chi connectivity index (χ0v) is 16.2. The summed E-state index contributed by atoms with van der Waals surface area (Å²) < 4.78 is 5.47. The molecule has 1 amide bonds. The standard InChI is InChI=1S/C20H27N5O2/c1-14(2)19-22-12-17(15(3)24-19)20(26)23-13-18(16-5-4-6-21-11-16)25-7-9-27-10-8-25/h4-6,11-12,14,18H,7-10,13H2,1-3H3,(H,23,26). The highest BCUT2D eigenvalue weighted by Gasteiger charge is 2.24. The molecular weight excluding hydrogens is 342 g/mol. The molecular formula is C20H27N5O2. The molecule has 1 aliphatic heterocycles. The minimum atomic E-state index is -0.148. The van der Waals surface area contributed by atoms with Crippen LogP contribution in [0.1, 0.15) is 53.2 Å². The minimum Gasteiger partial charge on any atom is -0.379 e. The fourth-order valence-corrected chi connectivity index (χ4v) is 3.19. The number of carbonyl (C=O) groups excluding carboxylic acids is 1. The highest BCUT2D eigenvalue weighted by molar-refractivity contribution is 5.94. The molecule has 7 heteroatoms. The van der Waals surface area contributed by atoms with Crippen molar-refractivity contribution in [2.24, 2.45) is 0 Å². The predicted molar refractivity (Wildman–Crippen MR) is 103 cm³/mol. The molecule has 27 heavy (non-hydrogen) atoms. The lowest BCUT2D eigenvalue weighted by Gasteiger charge is -2.34. The van der Waals surface area contributed by atoms with Gasteiger partial charge in [0.25, 0.3) is 5.91 Å². The molecule has 1 unspecified atom stereocenters. The summed E-state index contributed by atoms with van der Waals surface area (Å²) in [5, 5.41) is 3.06. The monoisotopic (exact) mass is 369 g/mol. The number of aryl methyl sites for hydroxylation is 1. The summed E-state index contributed by atoms with van der Waals surface area (Å²) >= 11 is 0. The number of nitrogens with zero attached hydrogens (tertiary/aromatic N) is 4. The number of ether oxygens (including phenoxy) is 1. The molecule has 0 aliphatic carbocycles. The topological polar surface area (TPSA) is 80.2 Å². The van der Waals surface area contributed by atoms with E-state index in [1.807, 2.05) is 39.1 Å². The Morgan fingerprint density at radius 2 is 2.07 bits per heavy atom. The molecule has 3 heterocycles. The molecule has 0 saturated carbocycles. The number of morpholine rings is 1. The number of rotatable bonds is 6. The Bertz CT molecular complexity index is 760. The first-order chi connectivity index (χ1) is 13.1. The van der Waals surface area contributed by atoms with Crippen molar-refractivity contribution in [1.82, 2.24) is 25.2 Å². The largest absolute Gasteiger partial charge is 0.379 e. The van der Waals surface area contributed by atoms with E-state index in [2.05, 4.69) is 25.2 Å². The first kappa shape index (κ1) is 19.4. The minimum absolute atomic E-state index is 0.0581. The number of hydrogen-bond donors (Lipinski definition) is 1. The van der Waals surface area contributed by atoms with E-state index in [0.29, 0.717) is 31.0 Å². The third-order valence-electron chi connectivity index (χ3n) is 4.77. The average molecular weight is 369 g/mol. The van der Waals surface area contributed by atoms with E-state index in [4.69, 9.17) is 4.74 Å². The third kappa shape index (κ3) is 4.87. The van der Waals surface area contributed by atoms with Gasteiger partial charge in [0.1, 0.15) is 5.82 Å². The van der Waals surface area contributed by atoms with Crippen LogP contribution in [-0.4, -0.2) is 58.6 Å². The van der Waals surface area contributed by atoms with E-state index in [1.54, 1.807) is 12.4 Å². The van der Waals surface area contributed by atoms with E-state index < -0.39 is 0 Å². The van der Waals surface area contributed by atoms with Crippen LogP contribution in [0, 0.1) is 6.92 Å². The van der Waals surface area contributed by atoms with Gasteiger partial charge in [-0.05, 0) is 18.6 Å². The summed E-state index contributed by atoms with van der Waals surface area (Å²) in [7, 11) is 0. The van der Waals surface area contributed by atoms with E-state index >= 15 is 0 Å². The fourth-order valence-electron chi connectivity index (χ4n) is 3.19. The highest BCUT2D eigenvalue weighted by Crippen LogP contribution is 2.20. The smallest absolute Gasteiger partial charge is 0.254 e. The third-order valence-corrected chi connectivity index (χ3v) is 4.77. The van der Waals surface area contributed by atoms with Crippen LogP contribution < -0.4 is 5.32 Å². The van der Waals surface area contributed by atoms with Crippen LogP contribution in [0.15, 0.2) is 30.7 Å². The summed E-state index contributed by atoms with van der Waals surface area (Å²) in [6, 6.07) is 4.03. The zero-order chi connectivity index (χ0) is 19.2. The summed E-state index contributed by atoms with van der Waals surface area (Å²) in [4.78, 5) is 28.1. The maximum absolute atomic E-state index is 12.7. The van der Waals surface area contributed by atoms with E-state index in [-0.39, 0.29) is 17.9 Å². The molecule has 1 N–H and O–H groups in total. The maximum atomic E-state index is 12.7. The van der Waals surface area contributed by atoms with Gasteiger partial charge >= 0.3 is 0 Å². The normalized spacial score (nSPS) is 16.3. The molecule has 0 radical (unpaired) electrons. The van der Waals surface area contributed by atoms with Crippen LogP contribution in [-0.2, 0) is 4.74 Å². The van der Waals surface area contributed by atoms with Gasteiger partial charge in [-0.15, -0.1) is 0 Å². The molecule has 144 valence electrons. The molecule has 0 aromatic carbocycles. The number of amides is 1. The van der Waals surface area contributed by atoms with Gasteiger partial charge in [-0.2, -0.15) is 0 Å². The van der Waals surface area contributed by atoms with Crippen LogP contribution in [0.3, 0.4) is 0 Å².